The Bertz CT molecular complexity index is 398. The third kappa shape index (κ3) is 7.27. The molecule has 0 saturated carbocycles. The van der Waals surface area contributed by atoms with Crippen LogP contribution >= 0.6 is 22.6 Å². The van der Waals surface area contributed by atoms with Crippen molar-refractivity contribution in [1.82, 2.24) is 0 Å². The van der Waals surface area contributed by atoms with Crippen molar-refractivity contribution in [3.63, 3.8) is 0 Å². The molecule has 0 aromatic rings. The largest absolute Gasteiger partial charge is 0.415 e. The zero-order valence-electron chi connectivity index (χ0n) is 16.8. The minimum absolute atomic E-state index is 0.0856. The fourth-order valence-corrected chi connectivity index (χ4v) is 4.21. The van der Waals surface area contributed by atoms with Crippen molar-refractivity contribution in [3.05, 3.63) is 10.2 Å². The molecular weight excluding hydrogens is 433 g/mol. The van der Waals surface area contributed by atoms with E-state index in [9.17, 15) is 0 Å². The van der Waals surface area contributed by atoms with E-state index in [0.717, 1.165) is 0 Å². The molecule has 0 aromatic heterocycles. The first-order valence-electron chi connectivity index (χ1n) is 8.39. The highest BCUT2D eigenvalue weighted by atomic mass is 127. The van der Waals surface area contributed by atoms with Crippen LogP contribution in [0.15, 0.2) is 10.2 Å². The van der Waals surface area contributed by atoms with E-state index in [1.54, 1.807) is 0 Å². The summed E-state index contributed by atoms with van der Waals surface area (Å²) in [5.41, 5.74) is 6.44. The molecule has 0 rings (SSSR count). The molecule has 2 atom stereocenters. The number of hydrogen-bond acceptors (Lipinski definition) is 3. The number of rotatable bonds is 7. The summed E-state index contributed by atoms with van der Waals surface area (Å²) in [4.78, 5) is 0. The molecule has 0 bridgehead atoms. The topological polar surface area (TPSA) is 44.5 Å². The van der Waals surface area contributed by atoms with E-state index < -0.39 is 16.6 Å². The lowest BCUT2D eigenvalue weighted by atomic mass is 10.2. The lowest BCUT2D eigenvalue weighted by Crippen LogP contribution is -2.51. The molecule has 23 heavy (non-hydrogen) atoms. The third-order valence-electron chi connectivity index (χ3n) is 5.36. The summed E-state index contributed by atoms with van der Waals surface area (Å²) in [5, 5.41) is 0.367. The number of nitrogens with two attached hydrogens (primary N) is 1. The van der Waals surface area contributed by atoms with Crippen molar-refractivity contribution in [2.45, 2.75) is 90.0 Å². The molecule has 138 valence electrons. The maximum Gasteiger partial charge on any atom is 0.192 e. The summed E-state index contributed by atoms with van der Waals surface area (Å²) < 4.78 is 14.8. The fraction of sp³-hybridized carbons (Fsp3) is 0.882. The fourth-order valence-electron chi connectivity index (χ4n) is 1.47. The Labute approximate surface area is 160 Å². The summed E-state index contributed by atoms with van der Waals surface area (Å²) in [6, 6.07) is -0.135. The molecule has 0 heterocycles. The van der Waals surface area contributed by atoms with Gasteiger partial charge in [-0.1, -0.05) is 64.1 Å². The molecule has 2 N–H and O–H groups in total. The Morgan fingerprint density at radius 1 is 0.957 bits per heavy atom. The maximum atomic E-state index is 6.51. The summed E-state index contributed by atoms with van der Waals surface area (Å²) >= 11 is 2.23. The zero-order chi connectivity index (χ0) is 18.7. The standard InChI is InChI=1S/C17H38INO2Si2/c1-16(2,3)22(7,8)20-13-14(19)15(11-12-18)21-23(9,10)17(4,5)6/h11-12,14-15H,13,19H2,1-10H3/b12-11+/t14-,15+/m0/s1. The Balaban J connectivity index is 5.00. The Kier molecular flexibility index (Phi) is 8.73. The second-order valence-corrected chi connectivity index (χ2v) is 19.7. The van der Waals surface area contributed by atoms with Gasteiger partial charge in [0.2, 0.25) is 0 Å². The number of hydrogen-bond donors (Lipinski definition) is 1. The molecule has 0 radical (unpaired) electrons. The SMILES string of the molecule is CC(C)(C)[Si](C)(C)OC[C@H](N)[C@@H](/C=C/I)O[Si](C)(C)C(C)(C)C. The highest BCUT2D eigenvalue weighted by Gasteiger charge is 2.41. The van der Waals surface area contributed by atoms with E-state index in [4.69, 9.17) is 14.6 Å². The first kappa shape index (κ1) is 23.8. The van der Waals surface area contributed by atoms with E-state index in [2.05, 4.69) is 96.4 Å². The van der Waals surface area contributed by atoms with Crippen molar-refractivity contribution in [3.8, 4) is 0 Å². The summed E-state index contributed by atoms with van der Waals surface area (Å²) in [6.45, 7) is 23.1. The van der Waals surface area contributed by atoms with Crippen LogP contribution in [0.3, 0.4) is 0 Å². The summed E-state index contributed by atoms with van der Waals surface area (Å²) in [6.07, 6.45) is 1.98. The Morgan fingerprint density at radius 2 is 1.39 bits per heavy atom. The first-order valence-corrected chi connectivity index (χ1v) is 15.5. The third-order valence-corrected chi connectivity index (χ3v) is 14.8. The van der Waals surface area contributed by atoms with Crippen LogP contribution < -0.4 is 5.73 Å². The van der Waals surface area contributed by atoms with Crippen molar-refractivity contribution in [2.24, 2.45) is 5.73 Å². The van der Waals surface area contributed by atoms with Crippen LogP contribution in [0.2, 0.25) is 36.3 Å². The molecule has 3 nitrogen and oxygen atoms in total. The second-order valence-electron chi connectivity index (χ2n) is 9.40. The molecule has 0 aromatic carbocycles. The van der Waals surface area contributed by atoms with E-state index >= 15 is 0 Å². The molecule has 0 aliphatic heterocycles. The van der Waals surface area contributed by atoms with Gasteiger partial charge in [-0.3, -0.25) is 0 Å². The quantitative estimate of drug-likeness (QED) is 0.384. The van der Waals surface area contributed by atoms with Gasteiger partial charge in [0.25, 0.3) is 0 Å². The predicted octanol–water partition coefficient (Wildman–Crippen LogP) is 5.67. The van der Waals surface area contributed by atoms with E-state index in [1.807, 2.05) is 4.08 Å². The average molecular weight is 472 g/mol. The molecule has 0 aliphatic carbocycles. The van der Waals surface area contributed by atoms with Gasteiger partial charge in [-0.05, 0) is 46.4 Å². The zero-order valence-corrected chi connectivity index (χ0v) is 20.9. The van der Waals surface area contributed by atoms with E-state index in [-0.39, 0.29) is 22.2 Å². The predicted molar refractivity (Wildman–Crippen MR) is 116 cm³/mol. The van der Waals surface area contributed by atoms with Crippen LogP contribution in [0, 0.1) is 0 Å². The minimum atomic E-state index is -1.86. The van der Waals surface area contributed by atoms with Crippen LogP contribution in [0.25, 0.3) is 0 Å². The lowest BCUT2D eigenvalue weighted by molar-refractivity contribution is 0.152. The Hall–Kier alpha value is 0.784. The molecule has 0 unspecified atom stereocenters. The molecule has 6 heteroatoms. The van der Waals surface area contributed by atoms with E-state index in [1.165, 1.54) is 0 Å². The van der Waals surface area contributed by atoms with E-state index in [0.29, 0.717) is 6.61 Å². The van der Waals surface area contributed by atoms with Crippen LogP contribution in [0.5, 0.6) is 0 Å². The van der Waals surface area contributed by atoms with Crippen molar-refractivity contribution in [2.75, 3.05) is 6.61 Å². The van der Waals surface area contributed by atoms with Gasteiger partial charge in [0.1, 0.15) is 0 Å². The summed E-state index contributed by atoms with van der Waals surface area (Å²) in [5.74, 6) is 0. The normalized spacial score (nSPS) is 17.6. The van der Waals surface area contributed by atoms with Crippen LogP contribution in [-0.4, -0.2) is 35.4 Å². The van der Waals surface area contributed by atoms with Gasteiger partial charge in [-0.15, -0.1) is 0 Å². The smallest absolute Gasteiger partial charge is 0.192 e. The van der Waals surface area contributed by atoms with Gasteiger partial charge >= 0.3 is 0 Å². The van der Waals surface area contributed by atoms with Gasteiger partial charge in [0.05, 0.1) is 18.8 Å². The average Bonchev–Trinajstić information content (AvgIpc) is 2.32. The van der Waals surface area contributed by atoms with Gasteiger partial charge in [-0.2, -0.15) is 0 Å². The van der Waals surface area contributed by atoms with Gasteiger partial charge in [0, 0.05) is 0 Å². The molecular formula is C17H38INO2Si2. The highest BCUT2D eigenvalue weighted by molar-refractivity contribution is 14.1. The molecule has 0 spiro atoms. The van der Waals surface area contributed by atoms with Gasteiger partial charge in [-0.25, -0.2) is 0 Å². The lowest BCUT2D eigenvalue weighted by Gasteiger charge is -2.41. The molecule has 0 fully saturated rings. The second kappa shape index (κ2) is 8.44. The molecule has 0 amide bonds. The van der Waals surface area contributed by atoms with Crippen molar-refractivity contribution >= 4 is 39.2 Å². The highest BCUT2D eigenvalue weighted by Crippen LogP contribution is 2.38. The summed E-state index contributed by atoms with van der Waals surface area (Å²) in [7, 11) is -3.64. The van der Waals surface area contributed by atoms with Gasteiger partial charge in [0.15, 0.2) is 16.6 Å². The number of halogens is 1. The minimum Gasteiger partial charge on any atom is -0.415 e. The van der Waals surface area contributed by atoms with Crippen LogP contribution in [0.1, 0.15) is 41.5 Å². The maximum absolute atomic E-state index is 6.51. The van der Waals surface area contributed by atoms with Crippen molar-refractivity contribution < 1.29 is 8.85 Å². The van der Waals surface area contributed by atoms with Crippen LogP contribution in [-0.2, 0) is 8.85 Å². The Morgan fingerprint density at radius 3 is 1.74 bits per heavy atom. The van der Waals surface area contributed by atoms with Crippen molar-refractivity contribution in [1.29, 1.82) is 0 Å². The molecule has 0 aliphatic rings. The first-order chi connectivity index (χ1) is 10.0. The monoisotopic (exact) mass is 471 g/mol. The van der Waals surface area contributed by atoms with Crippen LogP contribution in [0.4, 0.5) is 0 Å². The van der Waals surface area contributed by atoms with Gasteiger partial charge < -0.3 is 14.6 Å². The molecule has 0 saturated heterocycles.